The number of hydrogen-bond acceptors (Lipinski definition) is 6. The molecule has 0 saturated carbocycles. The predicted octanol–water partition coefficient (Wildman–Crippen LogP) is 3.95. The Morgan fingerprint density at radius 2 is 1.45 bits per heavy atom. The van der Waals surface area contributed by atoms with E-state index in [4.69, 9.17) is 18.9 Å². The Morgan fingerprint density at radius 1 is 0.871 bits per heavy atom. The Kier molecular flexibility index (Phi) is 8.73. The molecule has 0 spiro atoms. The average molecular weight is 430 g/mol. The largest absolute Gasteiger partial charge is 0.496 e. The standard InChI is InChI=1S/C24H31NO6/c1-15(2)11-17-7-9-18(10-8-17)16(3)25-23(26)14-31-24(27)19-12-21(29-5)22(30-6)13-20(19)28-4/h7-10,12-13,15-16H,11,14H2,1-6H3,(H,25,26)/t16-/m1/s1. The molecule has 0 radical (unpaired) electrons. The van der Waals surface area contributed by atoms with Crippen molar-refractivity contribution in [1.29, 1.82) is 0 Å². The fraction of sp³-hybridized carbons (Fsp3) is 0.417. The number of ether oxygens (including phenoxy) is 4. The third-order valence-electron chi connectivity index (χ3n) is 4.76. The first-order valence-electron chi connectivity index (χ1n) is 10.1. The third kappa shape index (κ3) is 6.64. The normalized spacial score (nSPS) is 11.6. The number of amides is 1. The molecule has 0 fully saturated rings. The van der Waals surface area contributed by atoms with Crippen LogP contribution in [0.1, 0.15) is 48.3 Å². The van der Waals surface area contributed by atoms with Crippen LogP contribution in [0.2, 0.25) is 0 Å². The van der Waals surface area contributed by atoms with Gasteiger partial charge in [0.2, 0.25) is 0 Å². The highest BCUT2D eigenvalue weighted by atomic mass is 16.5. The zero-order valence-electron chi connectivity index (χ0n) is 19.0. The van der Waals surface area contributed by atoms with Crippen LogP contribution in [-0.4, -0.2) is 39.8 Å². The Balaban J connectivity index is 1.97. The van der Waals surface area contributed by atoms with Crippen molar-refractivity contribution in [1.82, 2.24) is 5.32 Å². The summed E-state index contributed by atoms with van der Waals surface area (Å²) in [6.07, 6.45) is 1.01. The van der Waals surface area contributed by atoms with Gasteiger partial charge in [0.15, 0.2) is 18.1 Å². The molecule has 0 aliphatic heterocycles. The molecule has 7 nitrogen and oxygen atoms in total. The zero-order chi connectivity index (χ0) is 23.0. The number of rotatable bonds is 10. The summed E-state index contributed by atoms with van der Waals surface area (Å²) in [7, 11) is 4.38. The van der Waals surface area contributed by atoms with Crippen LogP contribution in [0.3, 0.4) is 0 Å². The van der Waals surface area contributed by atoms with Gasteiger partial charge in [0, 0.05) is 12.1 Å². The SMILES string of the molecule is COc1cc(OC)c(C(=O)OCC(=O)N[C@H](C)c2ccc(CC(C)C)cc2)cc1OC. The van der Waals surface area contributed by atoms with Gasteiger partial charge in [-0.2, -0.15) is 0 Å². The van der Waals surface area contributed by atoms with E-state index >= 15 is 0 Å². The lowest BCUT2D eigenvalue weighted by Crippen LogP contribution is -2.31. The van der Waals surface area contributed by atoms with Crippen LogP contribution >= 0.6 is 0 Å². The summed E-state index contributed by atoms with van der Waals surface area (Å²) in [5.41, 5.74) is 2.38. The lowest BCUT2D eigenvalue weighted by Gasteiger charge is -2.16. The highest BCUT2D eigenvalue weighted by Gasteiger charge is 2.20. The molecule has 2 aromatic rings. The van der Waals surface area contributed by atoms with Gasteiger partial charge >= 0.3 is 5.97 Å². The second-order valence-corrected chi connectivity index (χ2v) is 7.61. The minimum Gasteiger partial charge on any atom is -0.496 e. The van der Waals surface area contributed by atoms with Gasteiger partial charge in [0.25, 0.3) is 5.91 Å². The van der Waals surface area contributed by atoms with Gasteiger partial charge in [0.1, 0.15) is 11.3 Å². The summed E-state index contributed by atoms with van der Waals surface area (Å²) in [5, 5.41) is 2.84. The molecule has 0 aromatic heterocycles. The Morgan fingerprint density at radius 3 is 2.00 bits per heavy atom. The maximum Gasteiger partial charge on any atom is 0.342 e. The molecular formula is C24H31NO6. The number of benzene rings is 2. The van der Waals surface area contributed by atoms with Crippen molar-refractivity contribution >= 4 is 11.9 Å². The highest BCUT2D eigenvalue weighted by Crippen LogP contribution is 2.34. The number of methoxy groups -OCH3 is 3. The molecule has 1 atom stereocenters. The number of esters is 1. The summed E-state index contributed by atoms with van der Waals surface area (Å²) < 4.78 is 20.8. The number of carbonyl (C=O) groups excluding carboxylic acids is 2. The molecule has 0 unspecified atom stereocenters. The summed E-state index contributed by atoms with van der Waals surface area (Å²) in [6.45, 7) is 5.83. The van der Waals surface area contributed by atoms with E-state index in [0.717, 1.165) is 12.0 Å². The molecule has 0 aliphatic carbocycles. The van der Waals surface area contributed by atoms with Crippen molar-refractivity contribution in [2.24, 2.45) is 5.92 Å². The number of hydrogen-bond donors (Lipinski definition) is 1. The van der Waals surface area contributed by atoms with Gasteiger partial charge in [-0.15, -0.1) is 0 Å². The van der Waals surface area contributed by atoms with Gasteiger partial charge in [-0.1, -0.05) is 38.1 Å². The van der Waals surface area contributed by atoms with Gasteiger partial charge in [-0.3, -0.25) is 4.79 Å². The molecule has 0 heterocycles. The van der Waals surface area contributed by atoms with Gasteiger partial charge in [-0.25, -0.2) is 4.79 Å². The Bertz CT molecular complexity index is 892. The van der Waals surface area contributed by atoms with Crippen LogP contribution in [0, 0.1) is 5.92 Å². The number of carbonyl (C=O) groups is 2. The minimum absolute atomic E-state index is 0.140. The molecule has 168 valence electrons. The van der Waals surface area contributed by atoms with Crippen LogP contribution in [0.5, 0.6) is 17.2 Å². The molecule has 0 bridgehead atoms. The van der Waals surface area contributed by atoms with Crippen LogP contribution < -0.4 is 19.5 Å². The zero-order valence-corrected chi connectivity index (χ0v) is 19.0. The van der Waals surface area contributed by atoms with E-state index in [1.54, 1.807) is 0 Å². The van der Waals surface area contributed by atoms with Gasteiger partial charge in [-0.05, 0) is 30.4 Å². The maximum atomic E-state index is 12.5. The topological polar surface area (TPSA) is 83.1 Å². The fourth-order valence-corrected chi connectivity index (χ4v) is 3.18. The van der Waals surface area contributed by atoms with E-state index in [1.165, 1.54) is 39.0 Å². The summed E-state index contributed by atoms with van der Waals surface area (Å²) in [5.74, 6) is 0.529. The molecule has 1 amide bonds. The van der Waals surface area contributed by atoms with E-state index in [2.05, 4.69) is 31.3 Å². The predicted molar refractivity (Wildman–Crippen MR) is 118 cm³/mol. The van der Waals surface area contributed by atoms with Gasteiger partial charge < -0.3 is 24.3 Å². The van der Waals surface area contributed by atoms with Crippen molar-refractivity contribution in [2.75, 3.05) is 27.9 Å². The molecule has 31 heavy (non-hydrogen) atoms. The van der Waals surface area contributed by atoms with E-state index in [1.807, 2.05) is 19.1 Å². The quantitative estimate of drug-likeness (QED) is 0.576. The molecule has 1 N–H and O–H groups in total. The monoisotopic (exact) mass is 429 g/mol. The molecule has 0 saturated heterocycles. The molecule has 7 heteroatoms. The smallest absolute Gasteiger partial charge is 0.342 e. The summed E-state index contributed by atoms with van der Waals surface area (Å²) in [6, 6.07) is 10.9. The van der Waals surface area contributed by atoms with Crippen molar-refractivity contribution in [2.45, 2.75) is 33.2 Å². The molecule has 2 aromatic carbocycles. The summed E-state index contributed by atoms with van der Waals surface area (Å²) >= 11 is 0. The molecule has 0 aliphatic rings. The highest BCUT2D eigenvalue weighted by molar-refractivity contribution is 5.95. The van der Waals surface area contributed by atoms with E-state index < -0.39 is 18.5 Å². The fourth-order valence-electron chi connectivity index (χ4n) is 3.18. The van der Waals surface area contributed by atoms with Crippen LogP contribution in [0.25, 0.3) is 0 Å². The van der Waals surface area contributed by atoms with Crippen LogP contribution in [-0.2, 0) is 16.0 Å². The Hall–Kier alpha value is -3.22. The first kappa shape index (κ1) is 24.1. The van der Waals surface area contributed by atoms with Crippen molar-refractivity contribution in [3.05, 3.63) is 53.1 Å². The van der Waals surface area contributed by atoms with Crippen molar-refractivity contribution < 1.29 is 28.5 Å². The minimum atomic E-state index is -0.696. The summed E-state index contributed by atoms with van der Waals surface area (Å²) in [4.78, 5) is 24.8. The van der Waals surface area contributed by atoms with E-state index in [-0.39, 0.29) is 17.4 Å². The van der Waals surface area contributed by atoms with Crippen molar-refractivity contribution in [3.8, 4) is 17.2 Å². The lowest BCUT2D eigenvalue weighted by molar-refractivity contribution is -0.124. The van der Waals surface area contributed by atoms with E-state index in [9.17, 15) is 9.59 Å². The maximum absolute atomic E-state index is 12.5. The van der Waals surface area contributed by atoms with Gasteiger partial charge in [0.05, 0.1) is 27.4 Å². The molecule has 2 rings (SSSR count). The Labute approximate surface area is 183 Å². The first-order valence-corrected chi connectivity index (χ1v) is 10.1. The first-order chi connectivity index (χ1) is 14.8. The second-order valence-electron chi connectivity index (χ2n) is 7.61. The number of nitrogens with one attached hydrogen (secondary N) is 1. The average Bonchev–Trinajstić information content (AvgIpc) is 2.76. The van der Waals surface area contributed by atoms with Crippen molar-refractivity contribution in [3.63, 3.8) is 0 Å². The third-order valence-corrected chi connectivity index (χ3v) is 4.76. The van der Waals surface area contributed by atoms with Crippen LogP contribution in [0.15, 0.2) is 36.4 Å². The molecular weight excluding hydrogens is 398 g/mol. The van der Waals surface area contributed by atoms with Crippen LogP contribution in [0.4, 0.5) is 0 Å². The van der Waals surface area contributed by atoms with E-state index in [0.29, 0.717) is 17.4 Å². The second kappa shape index (κ2) is 11.2. The lowest BCUT2D eigenvalue weighted by atomic mass is 10.00.